The highest BCUT2D eigenvalue weighted by Gasteiger charge is 1.95. The Morgan fingerprint density at radius 3 is 2.70 bits per heavy atom. The number of hydrogen-bond acceptors (Lipinski definition) is 2. The largest absolute Gasteiger partial charge is 0.298 e. The second-order valence-corrected chi connectivity index (χ2v) is 1.52. The van der Waals surface area contributed by atoms with E-state index in [1.54, 1.807) is 0 Å². The lowest BCUT2D eigenvalue weighted by atomic mass is 10.3. The van der Waals surface area contributed by atoms with E-state index in [0.29, 0.717) is 6.29 Å². The maximum absolute atomic E-state index is 12.3. The van der Waals surface area contributed by atoms with Crippen LogP contribution in [0.2, 0.25) is 0 Å². The van der Waals surface area contributed by atoms with Gasteiger partial charge in [-0.3, -0.25) is 14.5 Å². The summed E-state index contributed by atoms with van der Waals surface area (Å²) in [6.07, 6.45) is 2.83. The van der Waals surface area contributed by atoms with Gasteiger partial charge < -0.3 is 0 Å². The lowest BCUT2D eigenvalue weighted by Gasteiger charge is -1.87. The van der Waals surface area contributed by atoms with Crippen molar-refractivity contribution in [3.05, 3.63) is 29.8 Å². The molecule has 0 fully saturated rings. The minimum atomic E-state index is -0.576. The van der Waals surface area contributed by atoms with Crippen molar-refractivity contribution in [2.24, 2.45) is 0 Å². The maximum Gasteiger partial charge on any atom is 0.153 e. The Morgan fingerprint density at radius 1 is 1.60 bits per heavy atom. The van der Waals surface area contributed by atoms with Gasteiger partial charge in [-0.25, -0.2) is 4.39 Å². The lowest BCUT2D eigenvalue weighted by molar-refractivity contribution is 0.111. The summed E-state index contributed by atoms with van der Waals surface area (Å²) in [5.74, 6) is -0.576. The number of carbonyl (C=O) groups is 1. The fourth-order valence-electron chi connectivity index (χ4n) is 0.482. The van der Waals surface area contributed by atoms with Crippen molar-refractivity contribution in [1.29, 1.82) is 0 Å². The van der Waals surface area contributed by atoms with Crippen LogP contribution in [0.5, 0.6) is 0 Å². The smallest absolute Gasteiger partial charge is 0.153 e. The summed E-state index contributed by atoms with van der Waals surface area (Å²) in [5, 5.41) is 0. The molecule has 0 aromatic carbocycles. The van der Waals surface area contributed by atoms with Crippen LogP contribution in [0, 0.1) is 5.82 Å². The number of nitrogens with zero attached hydrogens (tertiary/aromatic N) is 1. The Labute approximate surface area is 56.1 Å². The van der Waals surface area contributed by atoms with Crippen LogP contribution in [0.4, 0.5) is 9.09 Å². The molecule has 0 N–H and O–H groups in total. The molecule has 0 saturated heterocycles. The van der Waals surface area contributed by atoms with E-state index >= 15 is 0 Å². The van der Waals surface area contributed by atoms with E-state index in [1.807, 2.05) is 0 Å². The first-order valence-corrected chi connectivity index (χ1v) is 2.39. The van der Waals surface area contributed by atoms with Crippen LogP contribution in [-0.4, -0.2) is 11.3 Å². The van der Waals surface area contributed by atoms with Crippen LogP contribution in [0.15, 0.2) is 18.5 Å². The molecule has 0 spiro atoms. The van der Waals surface area contributed by atoms with Crippen LogP contribution >= 0.6 is 0 Å². The molecule has 0 saturated carbocycles. The first-order chi connectivity index (χ1) is 4.34. The summed E-state index contributed by atoms with van der Waals surface area (Å²) >= 11 is 0. The summed E-state index contributed by atoms with van der Waals surface area (Å²) < 4.78 is 12.3. The van der Waals surface area contributed by atoms with Gasteiger partial charge in [0.25, 0.3) is 0 Å². The summed E-state index contributed by atoms with van der Waals surface area (Å²) in [6.45, 7) is 0. The average molecular weight is 145 g/mol. The number of aldehydes is 1. The highest BCUT2D eigenvalue weighted by Crippen LogP contribution is 1.98. The summed E-state index contributed by atoms with van der Waals surface area (Å²) in [6, 6.07) is 1.32. The second kappa shape index (κ2) is 3.66. The van der Waals surface area contributed by atoms with Gasteiger partial charge in [0.15, 0.2) is 12.1 Å². The third-order valence-corrected chi connectivity index (χ3v) is 0.931. The van der Waals surface area contributed by atoms with Gasteiger partial charge >= 0.3 is 0 Å². The normalized spacial score (nSPS) is 8.10. The molecule has 1 aromatic heterocycles. The molecule has 10 heavy (non-hydrogen) atoms. The first kappa shape index (κ1) is 8.68. The van der Waals surface area contributed by atoms with Gasteiger partial charge in [-0.15, -0.1) is 0 Å². The van der Waals surface area contributed by atoms with Crippen molar-refractivity contribution in [2.75, 3.05) is 0 Å². The molecule has 0 aliphatic heterocycles. The molecule has 1 rings (SSSR count). The van der Waals surface area contributed by atoms with Crippen molar-refractivity contribution in [1.82, 2.24) is 4.98 Å². The molecule has 0 radical (unpaired) electrons. The van der Waals surface area contributed by atoms with Crippen LogP contribution in [0.1, 0.15) is 10.4 Å². The Hall–Kier alpha value is -1.32. The molecule has 0 unspecified atom stereocenters. The van der Waals surface area contributed by atoms with E-state index < -0.39 is 5.82 Å². The fraction of sp³-hybridized carbons (Fsp3) is 0. The molecule has 0 atom stereocenters. The number of carbonyl (C=O) groups excluding carboxylic acids is 1. The Balaban J connectivity index is 0.000000810. The predicted molar refractivity (Wildman–Crippen MR) is 32.1 cm³/mol. The second-order valence-electron chi connectivity index (χ2n) is 1.52. The predicted octanol–water partition coefficient (Wildman–Crippen LogP) is 1.19. The van der Waals surface area contributed by atoms with Crippen molar-refractivity contribution in [2.45, 2.75) is 0 Å². The van der Waals surface area contributed by atoms with Crippen molar-refractivity contribution < 1.29 is 13.9 Å². The van der Waals surface area contributed by atoms with Crippen LogP contribution in [0.3, 0.4) is 0 Å². The van der Waals surface area contributed by atoms with Crippen molar-refractivity contribution in [3.8, 4) is 0 Å². The van der Waals surface area contributed by atoms with E-state index in [1.165, 1.54) is 12.3 Å². The van der Waals surface area contributed by atoms with Crippen LogP contribution < -0.4 is 0 Å². The number of halogens is 2. The molecule has 1 aromatic rings. The van der Waals surface area contributed by atoms with Gasteiger partial charge in [0.1, 0.15) is 0 Å². The molecule has 0 aliphatic carbocycles. The summed E-state index contributed by atoms with van der Waals surface area (Å²) in [4.78, 5) is 13.4. The third kappa shape index (κ3) is 1.58. The number of aromatic nitrogens is 1. The molecule has 0 bridgehead atoms. The van der Waals surface area contributed by atoms with Crippen LogP contribution in [-0.2, 0) is 0 Å². The number of rotatable bonds is 1. The molecular weight excluding hydrogens is 140 g/mol. The van der Waals surface area contributed by atoms with Gasteiger partial charge in [0.2, 0.25) is 0 Å². The summed E-state index contributed by atoms with van der Waals surface area (Å²) in [5.41, 5.74) is 0.0463. The van der Waals surface area contributed by atoms with Gasteiger partial charge in [-0.1, -0.05) is 0 Å². The SMILES string of the molecule is F.O=Cc1ccncc1F. The minimum Gasteiger partial charge on any atom is -0.298 e. The average Bonchev–Trinajstić information content (AvgIpc) is 1.89. The van der Waals surface area contributed by atoms with E-state index in [0.717, 1.165) is 6.20 Å². The quantitative estimate of drug-likeness (QED) is 0.555. The molecule has 4 heteroatoms. The fourth-order valence-corrected chi connectivity index (χ4v) is 0.482. The van der Waals surface area contributed by atoms with Gasteiger partial charge in [0, 0.05) is 6.20 Å². The molecule has 54 valence electrons. The zero-order valence-corrected chi connectivity index (χ0v) is 4.95. The first-order valence-electron chi connectivity index (χ1n) is 2.39. The van der Waals surface area contributed by atoms with E-state index in [2.05, 4.69) is 4.98 Å². The Bertz CT molecular complexity index is 227. The summed E-state index contributed by atoms with van der Waals surface area (Å²) in [7, 11) is 0. The Morgan fingerprint density at radius 2 is 2.30 bits per heavy atom. The van der Waals surface area contributed by atoms with Gasteiger partial charge in [0.05, 0.1) is 11.8 Å². The van der Waals surface area contributed by atoms with Gasteiger partial charge in [-0.2, -0.15) is 0 Å². The third-order valence-electron chi connectivity index (χ3n) is 0.931. The topological polar surface area (TPSA) is 30.0 Å². The van der Waals surface area contributed by atoms with E-state index in [4.69, 9.17) is 0 Å². The van der Waals surface area contributed by atoms with E-state index in [-0.39, 0.29) is 10.3 Å². The maximum atomic E-state index is 12.3. The number of hydrogen-bond donors (Lipinski definition) is 0. The highest BCUT2D eigenvalue weighted by molar-refractivity contribution is 5.74. The minimum absolute atomic E-state index is 0. The standard InChI is InChI=1S/C6H4FNO.FH/c7-6-3-8-2-1-5(6)4-9;/h1-4H;1H. The van der Waals surface area contributed by atoms with Crippen molar-refractivity contribution >= 4 is 6.29 Å². The van der Waals surface area contributed by atoms with E-state index in [9.17, 15) is 9.18 Å². The molecular formula is C6H5F2NO. The molecule has 1 heterocycles. The van der Waals surface area contributed by atoms with Crippen molar-refractivity contribution in [3.63, 3.8) is 0 Å². The highest BCUT2D eigenvalue weighted by atomic mass is 19.1. The zero-order chi connectivity index (χ0) is 6.69. The molecule has 0 aliphatic rings. The molecule has 0 amide bonds. The molecule has 2 nitrogen and oxygen atoms in total. The monoisotopic (exact) mass is 145 g/mol. The Kier molecular flexibility index (Phi) is 3.17. The lowest BCUT2D eigenvalue weighted by Crippen LogP contribution is -1.86. The van der Waals surface area contributed by atoms with Crippen LogP contribution in [0.25, 0.3) is 0 Å². The number of pyridine rings is 1. The zero-order valence-electron chi connectivity index (χ0n) is 4.95. The van der Waals surface area contributed by atoms with Gasteiger partial charge in [-0.05, 0) is 6.07 Å².